The molecule has 0 fully saturated rings. The van der Waals surface area contributed by atoms with E-state index < -0.39 is 0 Å². The van der Waals surface area contributed by atoms with Gasteiger partial charge in [0.2, 0.25) is 0 Å². The number of benzene rings is 3. The predicted octanol–water partition coefficient (Wildman–Crippen LogP) is 3.80. The molecule has 0 atom stereocenters. The predicted molar refractivity (Wildman–Crippen MR) is 75.5 cm³/mol. The second kappa shape index (κ2) is 3.80. The number of hydrogen-bond acceptors (Lipinski definition) is 1. The Morgan fingerprint density at radius 1 is 1.00 bits per heavy atom. The second-order valence-electron chi connectivity index (χ2n) is 4.76. The highest BCUT2D eigenvalue weighted by Crippen LogP contribution is 2.31. The lowest BCUT2D eigenvalue weighted by molar-refractivity contribution is 0.179. The van der Waals surface area contributed by atoms with Crippen molar-refractivity contribution >= 4 is 32.4 Å². The smallest absolute Gasteiger partial charge is 0.108 e. The van der Waals surface area contributed by atoms with Crippen LogP contribution in [0.15, 0.2) is 48.7 Å². The maximum absolute atomic E-state index is 11.4. The Labute approximate surface area is 109 Å². The molecule has 0 bridgehead atoms. The summed E-state index contributed by atoms with van der Waals surface area (Å²) in [5.41, 5.74) is 1.87. The molecular formula is C16H11N2O. The van der Waals surface area contributed by atoms with Gasteiger partial charge in [0.15, 0.2) is 0 Å². The third-order valence-corrected chi connectivity index (χ3v) is 3.66. The lowest BCUT2D eigenvalue weighted by Crippen LogP contribution is -1.86. The maximum atomic E-state index is 11.4. The number of hydrogen-bond donors (Lipinski definition) is 1. The fourth-order valence-electron chi connectivity index (χ4n) is 2.75. The van der Waals surface area contributed by atoms with Crippen molar-refractivity contribution in [1.82, 2.24) is 10.2 Å². The molecule has 3 heteroatoms. The van der Waals surface area contributed by atoms with Crippen molar-refractivity contribution in [2.75, 3.05) is 0 Å². The summed E-state index contributed by atoms with van der Waals surface area (Å²) < 4.78 is 0. The molecular weight excluding hydrogens is 236 g/mol. The third kappa shape index (κ3) is 1.45. The summed E-state index contributed by atoms with van der Waals surface area (Å²) in [4.78, 5) is 0. The van der Waals surface area contributed by atoms with Gasteiger partial charge in [0, 0.05) is 5.39 Å². The highest BCUT2D eigenvalue weighted by Gasteiger charge is 2.07. The van der Waals surface area contributed by atoms with Crippen LogP contribution in [0.3, 0.4) is 0 Å². The molecule has 0 aliphatic heterocycles. The summed E-state index contributed by atoms with van der Waals surface area (Å²) in [7, 11) is 0. The van der Waals surface area contributed by atoms with Crippen molar-refractivity contribution in [2.45, 2.75) is 6.61 Å². The Morgan fingerprint density at radius 3 is 2.79 bits per heavy atom. The summed E-state index contributed by atoms with van der Waals surface area (Å²) >= 11 is 0. The van der Waals surface area contributed by atoms with Gasteiger partial charge in [0.05, 0.1) is 11.7 Å². The summed E-state index contributed by atoms with van der Waals surface area (Å²) in [6, 6.07) is 14.2. The molecule has 4 rings (SSSR count). The summed E-state index contributed by atoms with van der Waals surface area (Å²) in [6.45, 7) is -0.195. The van der Waals surface area contributed by atoms with Gasteiger partial charge in [-0.15, -0.1) is 0 Å². The van der Waals surface area contributed by atoms with Crippen LogP contribution in [0.25, 0.3) is 32.4 Å². The average molecular weight is 247 g/mol. The van der Waals surface area contributed by atoms with Crippen LogP contribution in [0.2, 0.25) is 0 Å². The van der Waals surface area contributed by atoms with Gasteiger partial charge in [-0.1, -0.05) is 30.3 Å². The lowest BCUT2D eigenvalue weighted by atomic mass is 9.97. The lowest BCUT2D eigenvalue weighted by Gasteiger charge is -2.08. The molecule has 4 aromatic rings. The first kappa shape index (κ1) is 10.5. The summed E-state index contributed by atoms with van der Waals surface area (Å²) in [6.07, 6.45) is 1.81. The molecule has 0 saturated carbocycles. The SMILES string of the molecule is [O]Cc1cccc2ccc3cc4[nH]ncc4cc3c12. The molecule has 1 heterocycles. The first-order valence-electron chi connectivity index (χ1n) is 6.22. The highest BCUT2D eigenvalue weighted by molar-refractivity contribution is 6.12. The number of H-pyrrole nitrogens is 1. The van der Waals surface area contributed by atoms with E-state index in [-0.39, 0.29) is 6.61 Å². The van der Waals surface area contributed by atoms with Crippen molar-refractivity contribution in [2.24, 2.45) is 0 Å². The number of nitrogens with one attached hydrogen (secondary N) is 1. The van der Waals surface area contributed by atoms with Crippen LogP contribution >= 0.6 is 0 Å². The van der Waals surface area contributed by atoms with Gasteiger partial charge in [-0.2, -0.15) is 5.10 Å². The molecule has 0 spiro atoms. The number of fused-ring (bicyclic) bond motifs is 4. The maximum Gasteiger partial charge on any atom is 0.108 e. The van der Waals surface area contributed by atoms with Gasteiger partial charge in [-0.3, -0.25) is 5.10 Å². The second-order valence-corrected chi connectivity index (χ2v) is 4.76. The zero-order chi connectivity index (χ0) is 12.8. The molecule has 1 radical (unpaired) electrons. The standard InChI is InChI=1S/C16H11N2O/c19-9-12-3-1-2-10-4-5-11-7-15-13(8-17-18-15)6-14(11)16(10)12/h1-8H,9H2,(H,17,18). The van der Waals surface area contributed by atoms with E-state index in [1.165, 1.54) is 0 Å². The molecule has 91 valence electrons. The fraction of sp³-hybridized carbons (Fsp3) is 0.0625. The molecule has 0 amide bonds. The van der Waals surface area contributed by atoms with Crippen LogP contribution in [-0.2, 0) is 11.7 Å². The molecule has 0 aliphatic carbocycles. The van der Waals surface area contributed by atoms with Crippen LogP contribution in [0.5, 0.6) is 0 Å². The molecule has 19 heavy (non-hydrogen) atoms. The summed E-state index contributed by atoms with van der Waals surface area (Å²) in [5.74, 6) is 0. The fourth-order valence-corrected chi connectivity index (χ4v) is 2.75. The first-order chi connectivity index (χ1) is 9.36. The van der Waals surface area contributed by atoms with Crippen molar-refractivity contribution in [3.8, 4) is 0 Å². The van der Waals surface area contributed by atoms with Gasteiger partial charge in [0.1, 0.15) is 6.61 Å². The number of nitrogens with zero attached hydrogens (tertiary/aromatic N) is 1. The molecule has 3 nitrogen and oxygen atoms in total. The van der Waals surface area contributed by atoms with Gasteiger partial charge in [0.25, 0.3) is 0 Å². The van der Waals surface area contributed by atoms with E-state index in [4.69, 9.17) is 0 Å². The number of rotatable bonds is 1. The van der Waals surface area contributed by atoms with Crippen LogP contribution in [0, 0.1) is 0 Å². The van der Waals surface area contributed by atoms with Gasteiger partial charge >= 0.3 is 0 Å². The van der Waals surface area contributed by atoms with Crippen molar-refractivity contribution < 1.29 is 5.11 Å². The van der Waals surface area contributed by atoms with Crippen molar-refractivity contribution in [3.63, 3.8) is 0 Å². The van der Waals surface area contributed by atoms with Crippen LogP contribution in [0.4, 0.5) is 0 Å². The normalized spacial score (nSPS) is 11.6. The third-order valence-electron chi connectivity index (χ3n) is 3.66. The minimum absolute atomic E-state index is 0.195. The highest BCUT2D eigenvalue weighted by atomic mass is 16.3. The van der Waals surface area contributed by atoms with E-state index in [9.17, 15) is 5.11 Å². The van der Waals surface area contributed by atoms with Crippen LogP contribution in [-0.4, -0.2) is 10.2 Å². The Bertz CT molecular complexity index is 908. The Kier molecular flexibility index (Phi) is 2.11. The Balaban J connectivity index is 2.27. The number of aromatic amines is 1. The van der Waals surface area contributed by atoms with Crippen molar-refractivity contribution in [3.05, 3.63) is 54.2 Å². The van der Waals surface area contributed by atoms with Crippen LogP contribution < -0.4 is 0 Å². The Hall–Kier alpha value is -2.39. The van der Waals surface area contributed by atoms with E-state index in [1.807, 2.05) is 24.4 Å². The molecule has 0 aliphatic rings. The molecule has 0 unspecified atom stereocenters. The van der Waals surface area contributed by atoms with E-state index in [2.05, 4.69) is 34.5 Å². The molecule has 1 aromatic heterocycles. The zero-order valence-corrected chi connectivity index (χ0v) is 10.2. The van der Waals surface area contributed by atoms with Gasteiger partial charge in [-0.25, -0.2) is 5.11 Å². The minimum atomic E-state index is -0.195. The largest absolute Gasteiger partial charge is 0.278 e. The Morgan fingerprint density at radius 2 is 1.89 bits per heavy atom. The van der Waals surface area contributed by atoms with Gasteiger partial charge in [-0.05, 0) is 39.2 Å². The first-order valence-corrected chi connectivity index (χ1v) is 6.22. The average Bonchev–Trinajstić information content (AvgIpc) is 2.91. The summed E-state index contributed by atoms with van der Waals surface area (Å²) in [5, 5.41) is 23.9. The van der Waals surface area contributed by atoms with Crippen LogP contribution in [0.1, 0.15) is 5.56 Å². The van der Waals surface area contributed by atoms with E-state index in [0.717, 1.165) is 38.0 Å². The van der Waals surface area contributed by atoms with Crippen molar-refractivity contribution in [1.29, 1.82) is 0 Å². The molecule has 1 N–H and O–H groups in total. The minimum Gasteiger partial charge on any atom is -0.278 e. The number of aromatic nitrogens is 2. The van der Waals surface area contributed by atoms with E-state index in [0.29, 0.717) is 0 Å². The monoisotopic (exact) mass is 247 g/mol. The van der Waals surface area contributed by atoms with Gasteiger partial charge < -0.3 is 0 Å². The topological polar surface area (TPSA) is 48.6 Å². The van der Waals surface area contributed by atoms with E-state index in [1.54, 1.807) is 0 Å². The quantitative estimate of drug-likeness (QED) is 0.511. The van der Waals surface area contributed by atoms with E-state index >= 15 is 0 Å². The zero-order valence-electron chi connectivity index (χ0n) is 10.2. The molecule has 3 aromatic carbocycles. The molecule has 0 saturated heterocycles.